The molecule has 33 heavy (non-hydrogen) atoms. The first-order valence-corrected chi connectivity index (χ1v) is 11.4. The largest absolute Gasteiger partial charge is 0.332 e. The molecule has 1 fully saturated rings. The number of carbonyl (C=O) groups excluding carboxylic acids is 5. The molecule has 1 heterocycles. The number of nitrogens with zero attached hydrogens (tertiary/aromatic N) is 2. The third-order valence-electron chi connectivity index (χ3n) is 5.57. The summed E-state index contributed by atoms with van der Waals surface area (Å²) in [6, 6.07) is -0.723. The molecule has 0 bridgehead atoms. The molecule has 1 rings (SSSR count). The van der Waals surface area contributed by atoms with Gasteiger partial charge in [0.25, 0.3) is 5.91 Å². The van der Waals surface area contributed by atoms with Crippen LogP contribution in [0.15, 0.2) is 12.2 Å². The van der Waals surface area contributed by atoms with Crippen molar-refractivity contribution in [1.82, 2.24) is 9.80 Å². The Labute approximate surface area is 214 Å². The monoisotopic (exact) mass is 633 g/mol. The van der Waals surface area contributed by atoms with Crippen LogP contribution in [0.4, 0.5) is 0 Å². The number of amides is 2. The van der Waals surface area contributed by atoms with Crippen LogP contribution in [0.2, 0.25) is 0 Å². The Bertz CT molecular complexity index is 705. The van der Waals surface area contributed by atoms with Crippen molar-refractivity contribution < 1.29 is 45.0 Å². The molecule has 1 unspecified atom stereocenters. The number of likely N-dealkylation sites (N-methyl/N-ethyl adjacent to an activating group) is 1. The molecule has 8 heteroatoms. The molecule has 0 spiro atoms. The minimum absolute atomic E-state index is 0. The Morgan fingerprint density at radius 2 is 1.67 bits per heavy atom. The first-order valence-electron chi connectivity index (χ1n) is 11.4. The van der Waals surface area contributed by atoms with Gasteiger partial charge in [-0.3, -0.25) is 24.0 Å². The molecule has 2 atom stereocenters. The van der Waals surface area contributed by atoms with Gasteiger partial charge in [0.2, 0.25) is 11.7 Å². The summed E-state index contributed by atoms with van der Waals surface area (Å²) in [5.41, 5.74) is 0.458. The van der Waals surface area contributed by atoms with Crippen LogP contribution in [0.25, 0.3) is 0 Å². The van der Waals surface area contributed by atoms with Crippen LogP contribution in [0, 0.1) is 12.3 Å². The molecular formula is C25H41N2O5W-. The van der Waals surface area contributed by atoms with Crippen LogP contribution in [0.1, 0.15) is 80.1 Å². The number of Topliss-reactive ketones (excluding diaryl/α,β-unsaturated/α-hetero) is 3. The fraction of sp³-hybridized carbons (Fsp3) is 0.680. The van der Waals surface area contributed by atoms with Crippen LogP contribution in [0.5, 0.6) is 0 Å². The molecular weight excluding hydrogens is 592 g/mol. The van der Waals surface area contributed by atoms with E-state index >= 15 is 0 Å². The quantitative estimate of drug-likeness (QED) is 0.197. The number of likely N-dealkylation sites (tertiary alicyclic amines) is 1. The summed E-state index contributed by atoms with van der Waals surface area (Å²) >= 11 is 0. The number of carbonyl (C=O) groups is 5. The Hall–Kier alpha value is -1.62. The molecule has 7 nitrogen and oxygen atoms in total. The van der Waals surface area contributed by atoms with Gasteiger partial charge in [0.1, 0.15) is 0 Å². The molecule has 1 saturated heterocycles. The van der Waals surface area contributed by atoms with Gasteiger partial charge in [0, 0.05) is 53.6 Å². The molecule has 2 amide bonds. The zero-order valence-electron chi connectivity index (χ0n) is 21.3. The van der Waals surface area contributed by atoms with Crippen molar-refractivity contribution in [3.8, 4) is 0 Å². The number of hydrogen-bond acceptors (Lipinski definition) is 5. The van der Waals surface area contributed by atoms with Crippen LogP contribution in [-0.2, 0) is 45.0 Å². The van der Waals surface area contributed by atoms with Crippen molar-refractivity contribution in [3.63, 3.8) is 0 Å². The Morgan fingerprint density at radius 3 is 2.12 bits per heavy atom. The fourth-order valence-electron chi connectivity index (χ4n) is 3.33. The number of unbranched alkanes of at least 4 members (excludes halogenated alkanes) is 1. The zero-order valence-corrected chi connectivity index (χ0v) is 24.2. The molecule has 0 N–H and O–H groups in total. The molecule has 0 aromatic rings. The minimum atomic E-state index is -0.509. The van der Waals surface area contributed by atoms with Crippen LogP contribution < -0.4 is 0 Å². The fourth-order valence-corrected chi connectivity index (χ4v) is 3.33. The first kappa shape index (κ1) is 33.6. The minimum Gasteiger partial charge on any atom is -0.332 e. The summed E-state index contributed by atoms with van der Waals surface area (Å²) in [7, 11) is 1.63. The Morgan fingerprint density at radius 1 is 1.09 bits per heavy atom. The van der Waals surface area contributed by atoms with Crippen LogP contribution in [-0.4, -0.2) is 64.6 Å². The van der Waals surface area contributed by atoms with E-state index in [9.17, 15) is 24.0 Å². The molecule has 188 valence electrons. The second-order valence-electron chi connectivity index (χ2n) is 8.90. The summed E-state index contributed by atoms with van der Waals surface area (Å²) in [6.45, 7) is 14.8. The van der Waals surface area contributed by atoms with E-state index in [-0.39, 0.29) is 50.6 Å². The van der Waals surface area contributed by atoms with E-state index in [2.05, 4.69) is 20.4 Å². The zero-order chi connectivity index (χ0) is 25.0. The van der Waals surface area contributed by atoms with Gasteiger partial charge in [-0.15, -0.1) is 0 Å². The molecule has 0 aliphatic carbocycles. The van der Waals surface area contributed by atoms with Crippen molar-refractivity contribution in [2.24, 2.45) is 5.92 Å². The summed E-state index contributed by atoms with van der Waals surface area (Å²) < 4.78 is 0. The smallest absolute Gasteiger partial charge is 0.290 e. The second-order valence-corrected chi connectivity index (χ2v) is 8.90. The predicted octanol–water partition coefficient (Wildman–Crippen LogP) is 3.55. The van der Waals surface area contributed by atoms with Crippen molar-refractivity contribution >= 4 is 29.2 Å². The average molecular weight is 633 g/mol. The van der Waals surface area contributed by atoms with Gasteiger partial charge in [0.05, 0.1) is 12.1 Å². The van der Waals surface area contributed by atoms with E-state index < -0.39 is 11.7 Å². The second kappa shape index (κ2) is 16.9. The van der Waals surface area contributed by atoms with Crippen LogP contribution in [0.3, 0.4) is 0 Å². The van der Waals surface area contributed by atoms with Gasteiger partial charge in [-0.25, -0.2) is 0 Å². The third kappa shape index (κ3) is 11.9. The predicted molar refractivity (Wildman–Crippen MR) is 126 cm³/mol. The normalized spacial score (nSPS) is 15.6. The SMILES string of the molecule is C=C(C)C(=O)N(C)C(C)C(=O)CC[CH-]C.CC(=O)C(=O)N1CCC[C@H]1C(=O)CCC(C)C.[W]. The molecule has 0 saturated carbocycles. The van der Waals surface area contributed by atoms with Crippen molar-refractivity contribution in [3.05, 3.63) is 18.6 Å². The molecule has 1 aliphatic rings. The van der Waals surface area contributed by atoms with Gasteiger partial charge in [0.15, 0.2) is 11.6 Å². The van der Waals surface area contributed by atoms with Gasteiger partial charge >= 0.3 is 0 Å². The average Bonchev–Trinajstić information content (AvgIpc) is 3.23. The van der Waals surface area contributed by atoms with Gasteiger partial charge in [-0.1, -0.05) is 20.4 Å². The number of hydrogen-bond donors (Lipinski definition) is 0. The van der Waals surface area contributed by atoms with Gasteiger partial charge < -0.3 is 16.2 Å². The third-order valence-corrected chi connectivity index (χ3v) is 5.57. The van der Waals surface area contributed by atoms with Gasteiger partial charge in [-0.05, 0) is 45.4 Å². The molecule has 0 radical (unpaired) electrons. The summed E-state index contributed by atoms with van der Waals surface area (Å²) in [5, 5.41) is 0. The number of rotatable bonds is 11. The van der Waals surface area contributed by atoms with Crippen LogP contribution >= 0.6 is 0 Å². The Balaban J connectivity index is 0. The molecule has 0 aromatic heterocycles. The standard InChI is InChI=1S/C13H21NO3.C12H20NO2.W/c1-9(2)6-7-12(16)11-5-4-8-14(11)13(17)10(3)15;1-6-7-8-11(14)10(4)13(5)12(15)9(2)3;/h9,11H,4-8H2,1-3H3;6,10H,2,7-8H2,1,3-5H3;/q;-1;/t11-;;/m0../s1. The van der Waals surface area contributed by atoms with E-state index in [1.54, 1.807) is 20.9 Å². The maximum atomic E-state index is 12.0. The van der Waals surface area contributed by atoms with E-state index in [1.165, 1.54) is 16.7 Å². The van der Waals surface area contributed by atoms with Crippen molar-refractivity contribution in [2.45, 2.75) is 92.2 Å². The maximum absolute atomic E-state index is 12.0. The summed E-state index contributed by atoms with van der Waals surface area (Å²) in [5.74, 6) is -0.483. The van der Waals surface area contributed by atoms with Gasteiger partial charge in [-0.2, -0.15) is 13.3 Å². The van der Waals surface area contributed by atoms with E-state index in [4.69, 9.17) is 0 Å². The van der Waals surface area contributed by atoms with Crippen molar-refractivity contribution in [1.29, 1.82) is 0 Å². The topological polar surface area (TPSA) is 91.8 Å². The van der Waals surface area contributed by atoms with E-state index in [0.29, 0.717) is 37.3 Å². The maximum Gasteiger partial charge on any atom is 0.290 e. The summed E-state index contributed by atoms with van der Waals surface area (Å²) in [4.78, 5) is 60.7. The number of ketones is 3. The molecule has 1 aliphatic heterocycles. The van der Waals surface area contributed by atoms with Crippen molar-refractivity contribution in [2.75, 3.05) is 13.6 Å². The summed E-state index contributed by atoms with van der Waals surface area (Å²) in [6.07, 6.45) is 6.07. The van der Waals surface area contributed by atoms with E-state index in [0.717, 1.165) is 19.3 Å². The van der Waals surface area contributed by atoms with E-state index in [1.807, 2.05) is 13.3 Å². The molecule has 0 aromatic carbocycles. The first-order chi connectivity index (χ1) is 14.8. The Kier molecular flexibility index (Phi) is 17.2.